The van der Waals surface area contributed by atoms with Crippen molar-refractivity contribution in [1.82, 2.24) is 16.0 Å². The van der Waals surface area contributed by atoms with Gasteiger partial charge in [-0.2, -0.15) is 0 Å². The van der Waals surface area contributed by atoms with Crippen LogP contribution in [0.15, 0.2) is 0 Å². The van der Waals surface area contributed by atoms with E-state index in [-0.39, 0.29) is 0 Å². The lowest BCUT2D eigenvalue weighted by molar-refractivity contribution is 1.19. The number of hydrogen-bond donors (Lipinski definition) is 3. The van der Waals surface area contributed by atoms with Crippen molar-refractivity contribution in [3.63, 3.8) is 0 Å². The van der Waals surface area contributed by atoms with Crippen LogP contribution in [-0.2, 0) is 11.8 Å². The average molecular weight is 189 g/mol. The Bertz CT molecular complexity index is 194. The first-order chi connectivity index (χ1) is 5.32. The van der Waals surface area contributed by atoms with Crippen molar-refractivity contribution in [2.75, 3.05) is 19.6 Å². The van der Waals surface area contributed by atoms with E-state index >= 15 is 0 Å². The Kier molecular flexibility index (Phi) is 1.31. The van der Waals surface area contributed by atoms with E-state index in [1.165, 1.54) is 19.6 Å². The summed E-state index contributed by atoms with van der Waals surface area (Å²) in [5, 5.41) is 10.1. The average Bonchev–Trinajstić information content (AvgIpc) is 2.81. The highest BCUT2D eigenvalue weighted by atomic mass is 32.4. The summed E-state index contributed by atoms with van der Waals surface area (Å²) in [4.78, 5) is 0. The molecule has 0 radical (unpaired) electrons. The van der Waals surface area contributed by atoms with Crippen LogP contribution in [0.1, 0.15) is 0 Å². The molecule has 0 spiro atoms. The molecule has 0 bridgehead atoms. The van der Waals surface area contributed by atoms with Crippen molar-refractivity contribution in [3.8, 4) is 0 Å². The number of rotatable bonds is 3. The molecule has 3 nitrogen and oxygen atoms in total. The molecule has 0 aromatic carbocycles. The van der Waals surface area contributed by atoms with Crippen LogP contribution in [0.3, 0.4) is 0 Å². The van der Waals surface area contributed by atoms with Gasteiger partial charge in [-0.05, 0) is 0 Å². The van der Waals surface area contributed by atoms with Gasteiger partial charge < -0.3 is 16.0 Å². The molecule has 3 saturated heterocycles. The van der Waals surface area contributed by atoms with Crippen LogP contribution in [0.5, 0.6) is 0 Å². The van der Waals surface area contributed by atoms with E-state index in [1.807, 2.05) is 0 Å². The van der Waals surface area contributed by atoms with Gasteiger partial charge in [-0.25, -0.2) is 0 Å². The molecule has 5 heteroatoms. The molecular weight excluding hydrogens is 177 g/mol. The fraction of sp³-hybridized carbons (Fsp3) is 1.00. The molecule has 62 valence electrons. The Morgan fingerprint density at radius 1 is 0.909 bits per heavy atom. The second-order valence-electron chi connectivity index (χ2n) is 3.54. The largest absolute Gasteiger partial charge is 0.306 e. The summed E-state index contributed by atoms with van der Waals surface area (Å²) in [5.41, 5.74) is 0. The maximum absolute atomic E-state index is 5.78. The Labute approximate surface area is 71.3 Å². The molecule has 3 rings (SSSR count). The van der Waals surface area contributed by atoms with Crippen LogP contribution < -0.4 is 16.0 Å². The monoisotopic (exact) mass is 189 g/mol. The van der Waals surface area contributed by atoms with E-state index in [0.717, 1.165) is 0 Å². The highest BCUT2D eigenvalue weighted by Gasteiger charge is 2.54. The van der Waals surface area contributed by atoms with Crippen LogP contribution in [0, 0.1) is 0 Å². The predicted molar refractivity (Wildman–Crippen MR) is 49.7 cm³/mol. The molecule has 3 aliphatic heterocycles. The zero-order valence-corrected chi connectivity index (χ0v) is 7.92. The number of nitrogens with one attached hydrogen (secondary N) is 3. The Balaban J connectivity index is 1.88. The molecule has 3 aliphatic rings. The van der Waals surface area contributed by atoms with Crippen molar-refractivity contribution >= 4 is 17.8 Å². The summed E-state index contributed by atoms with van der Waals surface area (Å²) in [6.07, 6.45) is 0. The summed E-state index contributed by atoms with van der Waals surface area (Å²) in [6.45, 7) is 3.52. The summed E-state index contributed by atoms with van der Waals surface area (Å²) in [7, 11) is 0. The van der Waals surface area contributed by atoms with Gasteiger partial charge in [0, 0.05) is 25.7 Å². The first-order valence-electron chi connectivity index (χ1n) is 4.11. The SMILES string of the molecule is S=P(C1CN1)(C1CN1)C1CN1. The van der Waals surface area contributed by atoms with Gasteiger partial charge in [-0.1, -0.05) is 11.8 Å². The zero-order chi connectivity index (χ0) is 7.47. The fourth-order valence-corrected chi connectivity index (χ4v) is 6.34. The Morgan fingerprint density at radius 3 is 1.36 bits per heavy atom. The van der Waals surface area contributed by atoms with Crippen molar-refractivity contribution in [2.24, 2.45) is 0 Å². The third-order valence-electron chi connectivity index (χ3n) is 2.62. The molecule has 3 atom stereocenters. The highest BCUT2D eigenvalue weighted by molar-refractivity contribution is 8.16. The first-order valence-corrected chi connectivity index (χ1v) is 7.12. The summed E-state index contributed by atoms with van der Waals surface area (Å²) < 4.78 is 0. The van der Waals surface area contributed by atoms with Gasteiger partial charge in [0.25, 0.3) is 0 Å². The van der Waals surface area contributed by atoms with Crippen LogP contribution in [0.4, 0.5) is 0 Å². The van der Waals surface area contributed by atoms with E-state index in [9.17, 15) is 0 Å². The van der Waals surface area contributed by atoms with E-state index < -0.39 is 6.04 Å². The van der Waals surface area contributed by atoms with E-state index in [1.54, 1.807) is 0 Å². The highest BCUT2D eigenvalue weighted by Crippen LogP contribution is 2.65. The van der Waals surface area contributed by atoms with Gasteiger partial charge in [0.2, 0.25) is 0 Å². The first kappa shape index (κ1) is 6.98. The summed E-state index contributed by atoms with van der Waals surface area (Å²) >= 11 is 5.78. The predicted octanol–water partition coefficient (Wildman–Crippen LogP) is -0.746. The molecule has 11 heavy (non-hydrogen) atoms. The fourth-order valence-electron chi connectivity index (χ4n) is 1.67. The Hall–Kier alpha value is 0.530. The second kappa shape index (κ2) is 2.06. The van der Waals surface area contributed by atoms with E-state index in [0.29, 0.717) is 17.3 Å². The van der Waals surface area contributed by atoms with Crippen LogP contribution in [0.25, 0.3) is 0 Å². The van der Waals surface area contributed by atoms with Crippen LogP contribution >= 0.6 is 6.04 Å². The Morgan fingerprint density at radius 2 is 1.18 bits per heavy atom. The van der Waals surface area contributed by atoms with E-state index in [4.69, 9.17) is 11.8 Å². The minimum Gasteiger partial charge on any atom is -0.306 e. The lowest BCUT2D eigenvalue weighted by Crippen LogP contribution is -2.10. The third kappa shape index (κ3) is 1.01. The molecule has 0 saturated carbocycles. The number of hydrogen-bond acceptors (Lipinski definition) is 4. The minimum atomic E-state index is -1.10. The second-order valence-corrected chi connectivity index (χ2v) is 8.83. The standard InChI is InChI=1S/C6H12N3PS/c11-10(4-1-7-4,5-2-8-5)6-3-9-6/h4-9H,1-3H2. The zero-order valence-electron chi connectivity index (χ0n) is 6.21. The van der Waals surface area contributed by atoms with Crippen molar-refractivity contribution < 1.29 is 0 Å². The van der Waals surface area contributed by atoms with Crippen molar-refractivity contribution in [3.05, 3.63) is 0 Å². The van der Waals surface area contributed by atoms with Gasteiger partial charge in [-0.3, -0.25) is 0 Å². The lowest BCUT2D eigenvalue weighted by atomic mass is 10.9. The molecular formula is C6H12N3PS. The van der Waals surface area contributed by atoms with Gasteiger partial charge in [0.15, 0.2) is 0 Å². The van der Waals surface area contributed by atoms with Crippen LogP contribution in [-0.4, -0.2) is 37.0 Å². The summed E-state index contributed by atoms with van der Waals surface area (Å²) in [6, 6.07) is -1.10. The van der Waals surface area contributed by atoms with Gasteiger partial charge in [0.05, 0.1) is 17.3 Å². The van der Waals surface area contributed by atoms with Crippen molar-refractivity contribution in [1.29, 1.82) is 0 Å². The summed E-state index contributed by atoms with van der Waals surface area (Å²) in [5.74, 6) is 2.12. The van der Waals surface area contributed by atoms with Gasteiger partial charge >= 0.3 is 0 Å². The maximum Gasteiger partial charge on any atom is 0.0517 e. The topological polar surface area (TPSA) is 65.8 Å². The van der Waals surface area contributed by atoms with Crippen LogP contribution in [0.2, 0.25) is 0 Å². The van der Waals surface area contributed by atoms with Crippen molar-refractivity contribution in [2.45, 2.75) is 17.3 Å². The molecule has 3 heterocycles. The smallest absolute Gasteiger partial charge is 0.0517 e. The van der Waals surface area contributed by atoms with E-state index in [2.05, 4.69) is 16.0 Å². The quantitative estimate of drug-likeness (QED) is 0.404. The molecule has 0 aromatic rings. The third-order valence-corrected chi connectivity index (χ3v) is 8.93. The maximum atomic E-state index is 5.78. The molecule has 0 aliphatic carbocycles. The van der Waals surface area contributed by atoms with Gasteiger partial charge in [-0.15, -0.1) is 0 Å². The normalized spacial score (nSPS) is 51.5. The molecule has 0 amide bonds. The lowest BCUT2D eigenvalue weighted by Gasteiger charge is -2.17. The molecule has 3 N–H and O–H groups in total. The molecule has 0 aromatic heterocycles. The van der Waals surface area contributed by atoms with Gasteiger partial charge in [0.1, 0.15) is 0 Å². The minimum absolute atomic E-state index is 0.706. The molecule has 3 unspecified atom stereocenters. The molecule has 3 fully saturated rings.